The van der Waals surface area contributed by atoms with Crippen LogP contribution in [0, 0.1) is 19.8 Å². The number of nitrogens with one attached hydrogen (secondary N) is 1. The van der Waals surface area contributed by atoms with Gasteiger partial charge in [-0.15, -0.1) is 0 Å². The first-order valence-electron chi connectivity index (χ1n) is 5.96. The lowest BCUT2D eigenvalue weighted by atomic mass is 9.84. The zero-order chi connectivity index (χ0) is 10.8. The standard InChI is InChI=1S/C14H21N/c1-10-4-5-11(2)14(8-10)12(3)13-6-7-15-9-13/h4-5,8,12-13,15H,6-7,9H2,1-3H3. The average molecular weight is 203 g/mol. The minimum absolute atomic E-state index is 0.694. The van der Waals surface area contributed by atoms with E-state index in [9.17, 15) is 0 Å². The molecule has 0 bridgehead atoms. The molecule has 1 fully saturated rings. The lowest BCUT2D eigenvalue weighted by Crippen LogP contribution is -2.15. The van der Waals surface area contributed by atoms with Crippen LogP contribution in [-0.2, 0) is 0 Å². The third-order valence-electron chi connectivity index (χ3n) is 3.73. The molecule has 1 heteroatoms. The Morgan fingerprint density at radius 1 is 1.33 bits per heavy atom. The van der Waals surface area contributed by atoms with Crippen LogP contribution in [0.2, 0.25) is 0 Å². The van der Waals surface area contributed by atoms with Crippen molar-refractivity contribution in [1.29, 1.82) is 0 Å². The van der Waals surface area contributed by atoms with Crippen LogP contribution < -0.4 is 5.32 Å². The molecule has 82 valence electrons. The highest BCUT2D eigenvalue weighted by atomic mass is 14.9. The maximum absolute atomic E-state index is 3.46. The predicted octanol–water partition coefficient (Wildman–Crippen LogP) is 3.02. The molecule has 15 heavy (non-hydrogen) atoms. The Morgan fingerprint density at radius 3 is 2.80 bits per heavy atom. The maximum Gasteiger partial charge on any atom is -0.00143 e. The molecule has 2 rings (SSSR count). The highest BCUT2D eigenvalue weighted by molar-refractivity contribution is 5.33. The van der Waals surface area contributed by atoms with Gasteiger partial charge in [0.1, 0.15) is 0 Å². The fourth-order valence-corrected chi connectivity index (χ4v) is 2.61. The minimum atomic E-state index is 0.694. The molecular weight excluding hydrogens is 182 g/mol. The number of benzene rings is 1. The van der Waals surface area contributed by atoms with E-state index in [2.05, 4.69) is 44.3 Å². The first kappa shape index (κ1) is 10.7. The van der Waals surface area contributed by atoms with Crippen molar-refractivity contribution in [2.45, 2.75) is 33.1 Å². The molecule has 1 aliphatic heterocycles. The second kappa shape index (κ2) is 4.36. The summed E-state index contributed by atoms with van der Waals surface area (Å²) in [6.07, 6.45) is 1.33. The van der Waals surface area contributed by atoms with Crippen molar-refractivity contribution >= 4 is 0 Å². The van der Waals surface area contributed by atoms with E-state index in [1.54, 1.807) is 5.56 Å². The summed E-state index contributed by atoms with van der Waals surface area (Å²) in [5, 5.41) is 3.46. The number of hydrogen-bond donors (Lipinski definition) is 1. The fraction of sp³-hybridized carbons (Fsp3) is 0.571. The van der Waals surface area contributed by atoms with Gasteiger partial charge in [0.15, 0.2) is 0 Å². The van der Waals surface area contributed by atoms with E-state index < -0.39 is 0 Å². The van der Waals surface area contributed by atoms with Crippen LogP contribution in [0.1, 0.15) is 36.0 Å². The van der Waals surface area contributed by atoms with E-state index in [1.807, 2.05) is 0 Å². The van der Waals surface area contributed by atoms with Crippen LogP contribution in [0.25, 0.3) is 0 Å². The zero-order valence-electron chi connectivity index (χ0n) is 10.0. The summed E-state index contributed by atoms with van der Waals surface area (Å²) in [7, 11) is 0. The summed E-state index contributed by atoms with van der Waals surface area (Å²) in [6, 6.07) is 6.82. The summed E-state index contributed by atoms with van der Waals surface area (Å²) in [5.74, 6) is 1.52. The van der Waals surface area contributed by atoms with Gasteiger partial charge in [-0.2, -0.15) is 0 Å². The van der Waals surface area contributed by atoms with Gasteiger partial charge in [-0.1, -0.05) is 30.7 Å². The molecule has 1 N–H and O–H groups in total. The molecular formula is C14H21N. The van der Waals surface area contributed by atoms with Crippen molar-refractivity contribution < 1.29 is 0 Å². The van der Waals surface area contributed by atoms with Gasteiger partial charge in [0.2, 0.25) is 0 Å². The predicted molar refractivity (Wildman–Crippen MR) is 65.3 cm³/mol. The molecule has 1 aromatic carbocycles. The number of hydrogen-bond acceptors (Lipinski definition) is 1. The van der Waals surface area contributed by atoms with Crippen molar-refractivity contribution in [2.75, 3.05) is 13.1 Å². The summed E-state index contributed by atoms with van der Waals surface area (Å²) in [4.78, 5) is 0. The summed E-state index contributed by atoms with van der Waals surface area (Å²) in [5.41, 5.74) is 4.37. The molecule has 1 aromatic rings. The smallest absolute Gasteiger partial charge is 0.00143 e. The Kier molecular flexibility index (Phi) is 3.11. The lowest BCUT2D eigenvalue weighted by molar-refractivity contribution is 0.486. The van der Waals surface area contributed by atoms with E-state index >= 15 is 0 Å². The lowest BCUT2D eigenvalue weighted by Gasteiger charge is -2.21. The number of rotatable bonds is 2. The van der Waals surface area contributed by atoms with Crippen molar-refractivity contribution in [2.24, 2.45) is 5.92 Å². The van der Waals surface area contributed by atoms with Crippen molar-refractivity contribution in [3.8, 4) is 0 Å². The van der Waals surface area contributed by atoms with Crippen LogP contribution in [0.15, 0.2) is 18.2 Å². The number of aryl methyl sites for hydroxylation is 2. The van der Waals surface area contributed by atoms with Gasteiger partial charge < -0.3 is 5.32 Å². The van der Waals surface area contributed by atoms with Gasteiger partial charge in [0, 0.05) is 0 Å². The van der Waals surface area contributed by atoms with E-state index in [1.165, 1.54) is 30.6 Å². The quantitative estimate of drug-likeness (QED) is 0.779. The van der Waals surface area contributed by atoms with Crippen LogP contribution in [0.4, 0.5) is 0 Å². The molecule has 1 aliphatic rings. The Hall–Kier alpha value is -0.820. The molecule has 1 heterocycles. The topological polar surface area (TPSA) is 12.0 Å². The zero-order valence-corrected chi connectivity index (χ0v) is 10.0. The third-order valence-corrected chi connectivity index (χ3v) is 3.73. The first-order valence-corrected chi connectivity index (χ1v) is 5.96. The summed E-state index contributed by atoms with van der Waals surface area (Å²) in [6.45, 7) is 9.17. The summed E-state index contributed by atoms with van der Waals surface area (Å²) < 4.78 is 0. The van der Waals surface area contributed by atoms with Gasteiger partial charge in [0.05, 0.1) is 0 Å². The van der Waals surface area contributed by atoms with Crippen LogP contribution in [-0.4, -0.2) is 13.1 Å². The first-order chi connectivity index (χ1) is 7.18. The van der Waals surface area contributed by atoms with E-state index in [4.69, 9.17) is 0 Å². The van der Waals surface area contributed by atoms with Gasteiger partial charge >= 0.3 is 0 Å². The third kappa shape index (κ3) is 2.23. The average Bonchev–Trinajstić information content (AvgIpc) is 2.74. The summed E-state index contributed by atoms with van der Waals surface area (Å²) >= 11 is 0. The molecule has 0 amide bonds. The van der Waals surface area contributed by atoms with Crippen LogP contribution in [0.3, 0.4) is 0 Å². The normalized spacial score (nSPS) is 23.0. The van der Waals surface area contributed by atoms with Gasteiger partial charge in [-0.25, -0.2) is 0 Å². The molecule has 2 atom stereocenters. The van der Waals surface area contributed by atoms with Crippen molar-refractivity contribution in [1.82, 2.24) is 5.32 Å². The van der Waals surface area contributed by atoms with Crippen molar-refractivity contribution in [3.63, 3.8) is 0 Å². The maximum atomic E-state index is 3.46. The largest absolute Gasteiger partial charge is 0.316 e. The van der Waals surface area contributed by atoms with E-state index in [-0.39, 0.29) is 0 Å². The molecule has 0 saturated carbocycles. The highest BCUT2D eigenvalue weighted by Gasteiger charge is 2.23. The molecule has 0 spiro atoms. The second-order valence-corrected chi connectivity index (χ2v) is 4.90. The SMILES string of the molecule is Cc1ccc(C)c(C(C)C2CCNC2)c1. The van der Waals surface area contributed by atoms with Gasteiger partial charge in [-0.3, -0.25) is 0 Å². The Balaban J connectivity index is 2.23. The molecule has 1 saturated heterocycles. The Morgan fingerprint density at radius 2 is 2.13 bits per heavy atom. The fourth-order valence-electron chi connectivity index (χ4n) is 2.61. The highest BCUT2D eigenvalue weighted by Crippen LogP contribution is 2.30. The molecule has 0 radical (unpaired) electrons. The molecule has 1 nitrogen and oxygen atoms in total. The van der Waals surface area contributed by atoms with Crippen LogP contribution in [0.5, 0.6) is 0 Å². The monoisotopic (exact) mass is 203 g/mol. The molecule has 2 unspecified atom stereocenters. The van der Waals surface area contributed by atoms with E-state index in [0.29, 0.717) is 5.92 Å². The van der Waals surface area contributed by atoms with E-state index in [0.717, 1.165) is 5.92 Å². The molecule has 0 aromatic heterocycles. The Labute approximate surface area is 92.9 Å². The Bertz CT molecular complexity index is 337. The van der Waals surface area contributed by atoms with Gasteiger partial charge in [-0.05, 0) is 56.3 Å². The van der Waals surface area contributed by atoms with Crippen molar-refractivity contribution in [3.05, 3.63) is 34.9 Å². The molecule has 0 aliphatic carbocycles. The van der Waals surface area contributed by atoms with Gasteiger partial charge in [0.25, 0.3) is 0 Å². The minimum Gasteiger partial charge on any atom is -0.316 e. The van der Waals surface area contributed by atoms with Crippen LogP contribution >= 0.6 is 0 Å². The second-order valence-electron chi connectivity index (χ2n) is 4.90.